The van der Waals surface area contributed by atoms with E-state index in [-0.39, 0.29) is 5.56 Å². The fourth-order valence-corrected chi connectivity index (χ4v) is 1.20. The van der Waals surface area contributed by atoms with E-state index in [0.717, 1.165) is 0 Å². The van der Waals surface area contributed by atoms with Crippen molar-refractivity contribution in [2.75, 3.05) is 0 Å². The maximum atomic E-state index is 10.7. The molecule has 68 valence electrons. The SMILES string of the molecule is N#Cc1cnn2ccc(C(=O)O)cc12. The molecular weight excluding hydrogens is 182 g/mol. The minimum absolute atomic E-state index is 0.148. The van der Waals surface area contributed by atoms with E-state index in [1.807, 2.05) is 6.07 Å². The molecule has 2 aromatic rings. The average Bonchev–Trinajstić information content (AvgIpc) is 2.59. The van der Waals surface area contributed by atoms with Crippen molar-refractivity contribution in [1.29, 1.82) is 5.26 Å². The van der Waals surface area contributed by atoms with Gasteiger partial charge in [-0.3, -0.25) is 0 Å². The van der Waals surface area contributed by atoms with Crippen molar-refractivity contribution >= 4 is 11.5 Å². The third kappa shape index (κ3) is 1.10. The van der Waals surface area contributed by atoms with Gasteiger partial charge in [0.2, 0.25) is 0 Å². The molecule has 0 amide bonds. The lowest BCUT2D eigenvalue weighted by molar-refractivity contribution is 0.0697. The van der Waals surface area contributed by atoms with Crippen LogP contribution in [0, 0.1) is 11.3 Å². The van der Waals surface area contributed by atoms with E-state index in [1.165, 1.54) is 29.0 Å². The Morgan fingerprint density at radius 1 is 1.64 bits per heavy atom. The summed E-state index contributed by atoms with van der Waals surface area (Å²) in [5, 5.41) is 21.3. The largest absolute Gasteiger partial charge is 0.478 e. The van der Waals surface area contributed by atoms with Gasteiger partial charge in [0.1, 0.15) is 6.07 Å². The second kappa shape index (κ2) is 2.85. The van der Waals surface area contributed by atoms with Crippen LogP contribution in [0.15, 0.2) is 24.5 Å². The summed E-state index contributed by atoms with van der Waals surface area (Å²) in [7, 11) is 0. The number of nitrogens with zero attached hydrogens (tertiary/aromatic N) is 3. The molecule has 5 heteroatoms. The Balaban J connectivity index is 2.75. The van der Waals surface area contributed by atoms with Gasteiger partial charge in [0.25, 0.3) is 0 Å². The van der Waals surface area contributed by atoms with Crippen molar-refractivity contribution in [3.63, 3.8) is 0 Å². The molecule has 2 aromatic heterocycles. The number of aromatic nitrogens is 2. The highest BCUT2D eigenvalue weighted by Crippen LogP contribution is 2.11. The standard InChI is InChI=1S/C9H5N3O2/c10-4-7-5-11-12-2-1-6(9(13)14)3-8(7)12/h1-3,5H,(H,13,14). The van der Waals surface area contributed by atoms with Gasteiger partial charge in [-0.25, -0.2) is 9.31 Å². The van der Waals surface area contributed by atoms with E-state index in [4.69, 9.17) is 10.4 Å². The molecule has 2 rings (SSSR count). The van der Waals surface area contributed by atoms with Crippen LogP contribution in [0.25, 0.3) is 5.52 Å². The monoisotopic (exact) mass is 187 g/mol. The fourth-order valence-electron chi connectivity index (χ4n) is 1.20. The van der Waals surface area contributed by atoms with Crippen LogP contribution < -0.4 is 0 Å². The van der Waals surface area contributed by atoms with E-state index < -0.39 is 5.97 Å². The molecule has 5 nitrogen and oxygen atoms in total. The summed E-state index contributed by atoms with van der Waals surface area (Å²) in [4.78, 5) is 10.7. The molecule has 0 saturated carbocycles. The molecule has 2 heterocycles. The lowest BCUT2D eigenvalue weighted by Gasteiger charge is -1.95. The summed E-state index contributed by atoms with van der Waals surface area (Å²) >= 11 is 0. The maximum absolute atomic E-state index is 10.7. The smallest absolute Gasteiger partial charge is 0.335 e. The first kappa shape index (κ1) is 8.26. The van der Waals surface area contributed by atoms with Crippen LogP contribution in [-0.2, 0) is 0 Å². The number of nitriles is 1. The Labute approximate surface area is 78.8 Å². The molecule has 0 saturated heterocycles. The van der Waals surface area contributed by atoms with Gasteiger partial charge >= 0.3 is 5.97 Å². The lowest BCUT2D eigenvalue weighted by Crippen LogP contribution is -1.97. The Hall–Kier alpha value is -2.35. The van der Waals surface area contributed by atoms with Crippen molar-refractivity contribution in [2.45, 2.75) is 0 Å². The lowest BCUT2D eigenvalue weighted by atomic mass is 10.2. The zero-order valence-electron chi connectivity index (χ0n) is 7.01. The molecule has 0 radical (unpaired) electrons. The predicted molar refractivity (Wildman–Crippen MR) is 46.9 cm³/mol. The highest BCUT2D eigenvalue weighted by atomic mass is 16.4. The third-order valence-electron chi connectivity index (χ3n) is 1.89. The van der Waals surface area contributed by atoms with Gasteiger partial charge in [0.15, 0.2) is 0 Å². The molecule has 14 heavy (non-hydrogen) atoms. The first-order valence-electron chi connectivity index (χ1n) is 3.83. The molecular formula is C9H5N3O2. The molecule has 0 spiro atoms. The molecule has 0 atom stereocenters. The second-order valence-electron chi connectivity index (χ2n) is 2.72. The number of aromatic carboxylic acids is 1. The van der Waals surface area contributed by atoms with Crippen molar-refractivity contribution in [2.24, 2.45) is 0 Å². The van der Waals surface area contributed by atoms with E-state index in [1.54, 1.807) is 0 Å². The van der Waals surface area contributed by atoms with E-state index in [9.17, 15) is 4.79 Å². The van der Waals surface area contributed by atoms with Crippen LogP contribution in [-0.4, -0.2) is 20.7 Å². The van der Waals surface area contributed by atoms with Gasteiger partial charge in [-0.1, -0.05) is 0 Å². The Bertz CT molecular complexity index is 551. The number of hydrogen-bond donors (Lipinski definition) is 1. The topological polar surface area (TPSA) is 78.4 Å². The Morgan fingerprint density at radius 2 is 2.43 bits per heavy atom. The van der Waals surface area contributed by atoms with Gasteiger partial charge in [-0.05, 0) is 12.1 Å². The summed E-state index contributed by atoms with van der Waals surface area (Å²) in [6, 6.07) is 4.80. The van der Waals surface area contributed by atoms with Crippen LogP contribution in [0.5, 0.6) is 0 Å². The van der Waals surface area contributed by atoms with Gasteiger partial charge in [0.05, 0.1) is 22.8 Å². The second-order valence-corrected chi connectivity index (χ2v) is 2.72. The first-order chi connectivity index (χ1) is 6.72. The van der Waals surface area contributed by atoms with Crippen LogP contribution in [0.2, 0.25) is 0 Å². The minimum Gasteiger partial charge on any atom is -0.478 e. The van der Waals surface area contributed by atoms with Gasteiger partial charge in [-0.15, -0.1) is 0 Å². The molecule has 0 bridgehead atoms. The van der Waals surface area contributed by atoms with Crippen molar-refractivity contribution in [1.82, 2.24) is 9.61 Å². The number of carboxylic acid groups (broad SMARTS) is 1. The number of pyridine rings is 1. The zero-order valence-corrected chi connectivity index (χ0v) is 7.01. The van der Waals surface area contributed by atoms with Gasteiger partial charge in [-0.2, -0.15) is 10.4 Å². The molecule has 0 aliphatic carbocycles. The molecule has 0 aliphatic heterocycles. The van der Waals surface area contributed by atoms with E-state index >= 15 is 0 Å². The minimum atomic E-state index is -1.02. The molecule has 1 N–H and O–H groups in total. The number of carboxylic acids is 1. The van der Waals surface area contributed by atoms with E-state index in [0.29, 0.717) is 11.1 Å². The fraction of sp³-hybridized carbons (Fsp3) is 0. The predicted octanol–water partition coefficient (Wildman–Crippen LogP) is 0.904. The summed E-state index contributed by atoms with van der Waals surface area (Å²) in [6.45, 7) is 0. The average molecular weight is 187 g/mol. The molecule has 0 fully saturated rings. The third-order valence-corrected chi connectivity index (χ3v) is 1.89. The number of rotatable bonds is 1. The number of carbonyl (C=O) groups is 1. The summed E-state index contributed by atoms with van der Waals surface area (Å²) < 4.78 is 1.46. The van der Waals surface area contributed by atoms with Crippen LogP contribution >= 0.6 is 0 Å². The zero-order chi connectivity index (χ0) is 10.1. The van der Waals surface area contributed by atoms with Crippen LogP contribution in [0.4, 0.5) is 0 Å². The maximum Gasteiger partial charge on any atom is 0.335 e. The highest BCUT2D eigenvalue weighted by molar-refractivity contribution is 5.89. The number of hydrogen-bond acceptors (Lipinski definition) is 3. The quantitative estimate of drug-likeness (QED) is 0.719. The van der Waals surface area contributed by atoms with Crippen molar-refractivity contribution < 1.29 is 9.90 Å². The Morgan fingerprint density at radius 3 is 3.07 bits per heavy atom. The Kier molecular flexibility index (Phi) is 1.68. The molecule has 0 unspecified atom stereocenters. The van der Waals surface area contributed by atoms with Crippen LogP contribution in [0.3, 0.4) is 0 Å². The molecule has 0 aliphatic rings. The van der Waals surface area contributed by atoms with Crippen LogP contribution in [0.1, 0.15) is 15.9 Å². The number of fused-ring (bicyclic) bond motifs is 1. The summed E-state index contributed by atoms with van der Waals surface area (Å²) in [5.41, 5.74) is 1.02. The summed E-state index contributed by atoms with van der Waals surface area (Å²) in [5.74, 6) is -1.02. The highest BCUT2D eigenvalue weighted by Gasteiger charge is 2.07. The normalized spacial score (nSPS) is 9.93. The first-order valence-corrected chi connectivity index (χ1v) is 3.83. The summed E-state index contributed by atoms with van der Waals surface area (Å²) in [6.07, 6.45) is 2.92. The van der Waals surface area contributed by atoms with Crippen molar-refractivity contribution in [3.05, 3.63) is 35.7 Å². The van der Waals surface area contributed by atoms with Crippen molar-refractivity contribution in [3.8, 4) is 6.07 Å². The molecule has 0 aromatic carbocycles. The van der Waals surface area contributed by atoms with Gasteiger partial charge < -0.3 is 5.11 Å². The van der Waals surface area contributed by atoms with E-state index in [2.05, 4.69) is 5.10 Å². The van der Waals surface area contributed by atoms with Gasteiger partial charge in [0, 0.05) is 6.20 Å².